The molecule has 1 N–H and O–H groups in total. The summed E-state index contributed by atoms with van der Waals surface area (Å²) < 4.78 is 54.9. The molecule has 0 saturated carbocycles. The van der Waals surface area contributed by atoms with E-state index in [0.717, 1.165) is 12.1 Å². The summed E-state index contributed by atoms with van der Waals surface area (Å²) in [6, 6.07) is 7.46. The molecule has 1 aliphatic heterocycles. The third-order valence-corrected chi connectivity index (χ3v) is 5.84. The lowest BCUT2D eigenvalue weighted by atomic mass is 10.1. The first kappa shape index (κ1) is 21.9. The summed E-state index contributed by atoms with van der Waals surface area (Å²) in [6.07, 6.45) is -4.49. The number of alkyl halides is 3. The number of anilines is 1. The largest absolute Gasteiger partial charge is 0.496 e. The molecular weight excluding hydrogens is 421 g/mol. The summed E-state index contributed by atoms with van der Waals surface area (Å²) in [5.74, 6) is 2.15. The Morgan fingerprint density at radius 2 is 1.73 bits per heavy atom. The minimum absolute atomic E-state index is 0.0738. The van der Waals surface area contributed by atoms with Crippen molar-refractivity contribution in [1.29, 1.82) is 0 Å². The molecule has 30 heavy (non-hydrogen) atoms. The standard InChI is InChI=1S/C20H21F3N2O4S/c1-27-15-11-17(29-3)16(28-2)10-14(15)18-25(7-8-30-18)19(26)24-13-6-4-5-12(9-13)20(21,22)23/h4-6,9-11,18H,7-8H2,1-3H3,(H,24,26). The molecule has 10 heteroatoms. The van der Waals surface area contributed by atoms with Gasteiger partial charge in [-0.05, 0) is 24.3 Å². The van der Waals surface area contributed by atoms with E-state index in [4.69, 9.17) is 14.2 Å². The van der Waals surface area contributed by atoms with Crippen molar-refractivity contribution in [2.75, 3.05) is 38.9 Å². The van der Waals surface area contributed by atoms with E-state index in [9.17, 15) is 18.0 Å². The Kier molecular flexibility index (Phi) is 6.55. The number of rotatable bonds is 5. The van der Waals surface area contributed by atoms with Gasteiger partial charge in [0.05, 0.1) is 26.9 Å². The molecule has 1 saturated heterocycles. The van der Waals surface area contributed by atoms with Crippen LogP contribution in [0.5, 0.6) is 17.2 Å². The van der Waals surface area contributed by atoms with Crippen molar-refractivity contribution in [3.05, 3.63) is 47.5 Å². The third kappa shape index (κ3) is 4.53. The van der Waals surface area contributed by atoms with Crippen LogP contribution in [0.4, 0.5) is 23.7 Å². The SMILES string of the molecule is COc1cc(OC)c(C2SCCN2C(=O)Nc2cccc(C(F)(F)F)c2)cc1OC. The highest BCUT2D eigenvalue weighted by Crippen LogP contribution is 2.46. The fourth-order valence-corrected chi connectivity index (χ4v) is 4.42. The summed E-state index contributed by atoms with van der Waals surface area (Å²) in [7, 11) is 4.53. The van der Waals surface area contributed by atoms with Crippen molar-refractivity contribution in [1.82, 2.24) is 4.90 Å². The van der Waals surface area contributed by atoms with Gasteiger partial charge in [-0.25, -0.2) is 4.79 Å². The number of thioether (sulfide) groups is 1. The van der Waals surface area contributed by atoms with Crippen LogP contribution in [-0.4, -0.2) is 44.6 Å². The van der Waals surface area contributed by atoms with E-state index in [1.54, 1.807) is 17.0 Å². The lowest BCUT2D eigenvalue weighted by Gasteiger charge is -2.26. The molecule has 0 bridgehead atoms. The zero-order valence-electron chi connectivity index (χ0n) is 16.6. The molecule has 3 rings (SSSR count). The van der Waals surface area contributed by atoms with Gasteiger partial charge in [0.2, 0.25) is 0 Å². The van der Waals surface area contributed by atoms with Crippen LogP contribution in [0.25, 0.3) is 0 Å². The fourth-order valence-electron chi connectivity index (χ4n) is 3.15. The van der Waals surface area contributed by atoms with Crippen LogP contribution in [0.2, 0.25) is 0 Å². The molecule has 2 aromatic carbocycles. The van der Waals surface area contributed by atoms with Crippen molar-refractivity contribution in [2.45, 2.75) is 11.6 Å². The smallest absolute Gasteiger partial charge is 0.416 e. The van der Waals surface area contributed by atoms with Crippen LogP contribution in [0.1, 0.15) is 16.5 Å². The molecule has 2 aromatic rings. The Hall–Kier alpha value is -2.75. The van der Waals surface area contributed by atoms with Gasteiger partial charge in [0, 0.05) is 29.6 Å². The minimum atomic E-state index is -4.49. The zero-order valence-corrected chi connectivity index (χ0v) is 17.4. The van der Waals surface area contributed by atoms with Gasteiger partial charge < -0.3 is 24.4 Å². The number of hydrogen-bond acceptors (Lipinski definition) is 5. The second-order valence-corrected chi connectivity index (χ2v) is 7.56. The first-order valence-corrected chi connectivity index (χ1v) is 9.99. The second kappa shape index (κ2) is 8.95. The number of nitrogens with zero attached hydrogens (tertiary/aromatic N) is 1. The highest BCUT2D eigenvalue weighted by atomic mass is 32.2. The fraction of sp³-hybridized carbons (Fsp3) is 0.350. The molecule has 2 amide bonds. The summed E-state index contributed by atoms with van der Waals surface area (Å²) >= 11 is 1.52. The van der Waals surface area contributed by atoms with Gasteiger partial charge in [-0.15, -0.1) is 11.8 Å². The highest BCUT2D eigenvalue weighted by molar-refractivity contribution is 7.99. The minimum Gasteiger partial charge on any atom is -0.496 e. The normalized spacial score (nSPS) is 16.3. The predicted octanol–water partition coefficient (Wildman–Crippen LogP) is 5.01. The number of urea groups is 1. The average molecular weight is 442 g/mol. The topological polar surface area (TPSA) is 60.0 Å². The maximum absolute atomic E-state index is 12.9. The lowest BCUT2D eigenvalue weighted by Crippen LogP contribution is -2.34. The number of ether oxygens (including phenoxy) is 3. The maximum atomic E-state index is 12.9. The number of carbonyl (C=O) groups is 1. The molecule has 0 aromatic heterocycles. The van der Waals surface area contributed by atoms with Crippen LogP contribution < -0.4 is 19.5 Å². The van der Waals surface area contributed by atoms with Crippen LogP contribution >= 0.6 is 11.8 Å². The van der Waals surface area contributed by atoms with E-state index in [1.165, 1.54) is 45.2 Å². The van der Waals surface area contributed by atoms with Crippen molar-refractivity contribution in [3.63, 3.8) is 0 Å². The molecule has 1 atom stereocenters. The zero-order chi connectivity index (χ0) is 21.9. The van der Waals surface area contributed by atoms with Gasteiger partial charge in [-0.1, -0.05) is 6.07 Å². The Bertz CT molecular complexity index is 923. The quantitative estimate of drug-likeness (QED) is 0.705. The summed E-state index contributed by atoms with van der Waals surface area (Å²) in [5, 5.41) is 2.16. The van der Waals surface area contributed by atoms with E-state index in [1.807, 2.05) is 0 Å². The van der Waals surface area contributed by atoms with Gasteiger partial charge in [0.15, 0.2) is 11.5 Å². The van der Waals surface area contributed by atoms with Crippen LogP contribution in [0.3, 0.4) is 0 Å². The number of methoxy groups -OCH3 is 3. The molecule has 0 aliphatic carbocycles. The number of halogens is 3. The van der Waals surface area contributed by atoms with Crippen molar-refractivity contribution >= 4 is 23.5 Å². The highest BCUT2D eigenvalue weighted by Gasteiger charge is 2.34. The summed E-state index contributed by atoms with van der Waals surface area (Å²) in [5.41, 5.74) is -0.0456. The maximum Gasteiger partial charge on any atom is 0.416 e. The molecule has 0 spiro atoms. The monoisotopic (exact) mass is 442 g/mol. The van der Waals surface area contributed by atoms with E-state index < -0.39 is 23.1 Å². The Labute approximate surface area is 176 Å². The first-order valence-electron chi connectivity index (χ1n) is 8.95. The number of amides is 2. The molecule has 0 radical (unpaired) electrons. The molecule has 1 fully saturated rings. The lowest BCUT2D eigenvalue weighted by molar-refractivity contribution is -0.137. The van der Waals surface area contributed by atoms with Gasteiger partial charge in [-0.3, -0.25) is 0 Å². The van der Waals surface area contributed by atoms with E-state index >= 15 is 0 Å². The second-order valence-electron chi connectivity index (χ2n) is 6.37. The molecule has 162 valence electrons. The van der Waals surface area contributed by atoms with Crippen LogP contribution in [0.15, 0.2) is 36.4 Å². The average Bonchev–Trinajstić information content (AvgIpc) is 3.22. The molecule has 1 aliphatic rings. The van der Waals surface area contributed by atoms with Gasteiger partial charge in [0.1, 0.15) is 11.1 Å². The van der Waals surface area contributed by atoms with Gasteiger partial charge in [0.25, 0.3) is 0 Å². The van der Waals surface area contributed by atoms with Crippen LogP contribution in [0, 0.1) is 0 Å². The third-order valence-electron chi connectivity index (χ3n) is 4.59. The molecule has 1 heterocycles. The summed E-state index contributed by atoms with van der Waals surface area (Å²) in [4.78, 5) is 14.4. The van der Waals surface area contributed by atoms with Gasteiger partial charge >= 0.3 is 12.2 Å². The number of benzene rings is 2. The van der Waals surface area contributed by atoms with E-state index in [-0.39, 0.29) is 5.69 Å². The Morgan fingerprint density at radius 1 is 1.07 bits per heavy atom. The van der Waals surface area contributed by atoms with E-state index in [2.05, 4.69) is 5.32 Å². The Balaban J connectivity index is 1.87. The van der Waals surface area contributed by atoms with Crippen molar-refractivity contribution < 1.29 is 32.2 Å². The Morgan fingerprint density at radius 3 is 2.37 bits per heavy atom. The molecular formula is C20H21F3N2O4S. The van der Waals surface area contributed by atoms with Crippen molar-refractivity contribution in [2.24, 2.45) is 0 Å². The van der Waals surface area contributed by atoms with Crippen molar-refractivity contribution in [3.8, 4) is 17.2 Å². The number of carbonyl (C=O) groups excluding carboxylic acids is 1. The first-order chi connectivity index (χ1) is 14.3. The molecule has 6 nitrogen and oxygen atoms in total. The predicted molar refractivity (Wildman–Crippen MR) is 108 cm³/mol. The molecule has 1 unspecified atom stereocenters. The van der Waals surface area contributed by atoms with E-state index in [0.29, 0.717) is 35.1 Å². The number of hydrogen-bond donors (Lipinski definition) is 1. The summed E-state index contributed by atoms with van der Waals surface area (Å²) in [6.45, 7) is 0.428. The van der Waals surface area contributed by atoms with Crippen LogP contribution in [-0.2, 0) is 6.18 Å². The van der Waals surface area contributed by atoms with Gasteiger partial charge in [-0.2, -0.15) is 13.2 Å². The number of nitrogens with one attached hydrogen (secondary N) is 1.